The molecule has 1 atom stereocenters. The van der Waals surface area contributed by atoms with E-state index in [-0.39, 0.29) is 23.3 Å². The van der Waals surface area contributed by atoms with E-state index in [1.165, 1.54) is 19.4 Å². The second-order valence-corrected chi connectivity index (χ2v) is 12.2. The van der Waals surface area contributed by atoms with Gasteiger partial charge in [-0.25, -0.2) is 32.2 Å². The molecular formula is C29H31F2N5O5S. The van der Waals surface area contributed by atoms with Gasteiger partial charge in [0.15, 0.2) is 0 Å². The number of hydrogen-bond donors (Lipinski definition) is 2. The summed E-state index contributed by atoms with van der Waals surface area (Å²) in [4.78, 5) is 12.7. The predicted octanol–water partition coefficient (Wildman–Crippen LogP) is 5.47. The summed E-state index contributed by atoms with van der Waals surface area (Å²) in [5, 5.41) is 3.71. The molecule has 0 amide bonds. The van der Waals surface area contributed by atoms with Crippen molar-refractivity contribution in [2.24, 2.45) is 0 Å². The summed E-state index contributed by atoms with van der Waals surface area (Å²) in [6, 6.07) is 7.42. The van der Waals surface area contributed by atoms with Crippen LogP contribution in [0.1, 0.15) is 32.4 Å². The number of nitrogens with one attached hydrogen (secondary N) is 2. The fourth-order valence-electron chi connectivity index (χ4n) is 4.91. The van der Waals surface area contributed by atoms with Gasteiger partial charge in [-0.15, -0.1) is 0 Å². The number of fused-ring (bicyclic) bond motifs is 1. The van der Waals surface area contributed by atoms with Gasteiger partial charge in [-0.05, 0) is 56.7 Å². The molecule has 0 radical (unpaired) electrons. The third kappa shape index (κ3) is 6.07. The molecule has 2 N–H and O–H groups in total. The Labute approximate surface area is 242 Å². The first-order valence-corrected chi connectivity index (χ1v) is 14.7. The fraction of sp³-hybridized carbons (Fsp3) is 0.345. The van der Waals surface area contributed by atoms with Crippen molar-refractivity contribution in [1.29, 1.82) is 0 Å². The Balaban J connectivity index is 1.59. The van der Waals surface area contributed by atoms with Gasteiger partial charge in [-0.1, -0.05) is 0 Å². The second-order valence-electron chi connectivity index (χ2n) is 10.6. The van der Waals surface area contributed by atoms with E-state index in [1.807, 2.05) is 32.9 Å². The highest BCUT2D eigenvalue weighted by Crippen LogP contribution is 2.38. The molecule has 1 aliphatic heterocycles. The zero-order chi connectivity index (χ0) is 30.2. The van der Waals surface area contributed by atoms with Crippen LogP contribution in [-0.4, -0.2) is 55.8 Å². The van der Waals surface area contributed by atoms with Crippen molar-refractivity contribution in [3.63, 3.8) is 0 Å². The van der Waals surface area contributed by atoms with E-state index in [2.05, 4.69) is 25.0 Å². The summed E-state index contributed by atoms with van der Waals surface area (Å²) in [7, 11) is -1.39. The molecule has 0 spiro atoms. The average Bonchev–Trinajstić information content (AvgIpc) is 2.92. The first-order chi connectivity index (χ1) is 19.9. The van der Waals surface area contributed by atoms with Crippen molar-refractivity contribution < 1.29 is 31.4 Å². The number of pyridine rings is 1. The van der Waals surface area contributed by atoms with E-state index in [1.54, 1.807) is 7.05 Å². The number of benzene rings is 2. The van der Waals surface area contributed by atoms with E-state index in [9.17, 15) is 17.2 Å². The highest BCUT2D eigenvalue weighted by Gasteiger charge is 2.31. The van der Waals surface area contributed by atoms with Gasteiger partial charge in [0.2, 0.25) is 11.8 Å². The number of halogens is 2. The zero-order valence-corrected chi connectivity index (χ0v) is 24.6. The number of ether oxygens (including phenoxy) is 3. The lowest BCUT2D eigenvalue weighted by Gasteiger charge is -2.35. The first kappa shape index (κ1) is 29.4. The number of anilines is 2. The molecule has 0 aliphatic carbocycles. The van der Waals surface area contributed by atoms with Gasteiger partial charge in [0.1, 0.15) is 39.6 Å². The normalized spacial score (nSPS) is 16.7. The van der Waals surface area contributed by atoms with Crippen LogP contribution in [0.15, 0.2) is 47.5 Å². The Bertz CT molecular complexity index is 1770. The van der Waals surface area contributed by atoms with Gasteiger partial charge in [0.05, 0.1) is 25.0 Å². The molecule has 1 unspecified atom stereocenters. The lowest BCUT2D eigenvalue weighted by atomic mass is 9.95. The number of methoxy groups -OCH3 is 1. The number of sulfonamides is 1. The van der Waals surface area contributed by atoms with Gasteiger partial charge >= 0.3 is 0 Å². The zero-order valence-electron chi connectivity index (χ0n) is 23.8. The molecule has 2 aromatic heterocycles. The van der Waals surface area contributed by atoms with Crippen LogP contribution >= 0.6 is 0 Å². The number of nitrogens with zero attached hydrogens (tertiary/aromatic N) is 3. The van der Waals surface area contributed by atoms with Crippen LogP contribution in [0.2, 0.25) is 0 Å². The molecule has 10 nitrogen and oxygen atoms in total. The lowest BCUT2D eigenvalue weighted by Crippen LogP contribution is -2.39. The summed E-state index contributed by atoms with van der Waals surface area (Å²) in [6.07, 6.45) is 2.78. The quantitative estimate of drug-likeness (QED) is 0.271. The molecular weight excluding hydrogens is 568 g/mol. The van der Waals surface area contributed by atoms with Crippen molar-refractivity contribution in [3.05, 3.63) is 59.9 Å². The molecule has 3 heterocycles. The van der Waals surface area contributed by atoms with Gasteiger partial charge in [-0.3, -0.25) is 4.72 Å². The van der Waals surface area contributed by atoms with Gasteiger partial charge in [0, 0.05) is 43.1 Å². The van der Waals surface area contributed by atoms with E-state index in [0.29, 0.717) is 59.6 Å². The molecule has 1 aliphatic rings. The van der Waals surface area contributed by atoms with Crippen molar-refractivity contribution in [3.8, 4) is 22.8 Å². The average molecular weight is 600 g/mol. The van der Waals surface area contributed by atoms with E-state index in [4.69, 9.17) is 14.2 Å². The highest BCUT2D eigenvalue weighted by atomic mass is 32.2. The molecule has 2 aromatic carbocycles. The van der Waals surface area contributed by atoms with Crippen LogP contribution in [0, 0.1) is 18.6 Å². The molecule has 222 valence electrons. The largest absolute Gasteiger partial charge is 0.488 e. The summed E-state index contributed by atoms with van der Waals surface area (Å²) < 4.78 is 73.8. The minimum Gasteiger partial charge on any atom is -0.488 e. The predicted molar refractivity (Wildman–Crippen MR) is 154 cm³/mol. The highest BCUT2D eigenvalue weighted by molar-refractivity contribution is 7.92. The Morgan fingerprint density at radius 3 is 2.57 bits per heavy atom. The summed E-state index contributed by atoms with van der Waals surface area (Å²) in [5.41, 5.74) is 2.12. The maximum Gasteiger partial charge on any atom is 0.264 e. The monoisotopic (exact) mass is 599 g/mol. The molecule has 5 rings (SSSR count). The first-order valence-electron chi connectivity index (χ1n) is 13.2. The smallest absolute Gasteiger partial charge is 0.264 e. The van der Waals surface area contributed by atoms with Crippen molar-refractivity contribution in [2.45, 2.75) is 50.2 Å². The SMILES string of the molecule is CNc1nc(C)c2cc(-c3cnc(OC)c(NS(=O)(=O)c4ccc(F)cc4F)c3)cc(OC3CCOC(C)(C)C3)c2n1. The summed E-state index contributed by atoms with van der Waals surface area (Å²) in [6.45, 7) is 6.46. The maximum absolute atomic E-state index is 14.4. The Kier molecular flexibility index (Phi) is 7.90. The van der Waals surface area contributed by atoms with Crippen molar-refractivity contribution >= 4 is 32.6 Å². The molecule has 42 heavy (non-hydrogen) atoms. The number of aryl methyl sites for hydroxylation is 1. The Hall–Kier alpha value is -4.10. The van der Waals surface area contributed by atoms with E-state index >= 15 is 0 Å². The number of hydrogen-bond acceptors (Lipinski definition) is 9. The third-order valence-electron chi connectivity index (χ3n) is 6.93. The van der Waals surface area contributed by atoms with E-state index in [0.717, 1.165) is 17.5 Å². The van der Waals surface area contributed by atoms with Crippen LogP contribution in [0.5, 0.6) is 11.6 Å². The standard InChI is InChI=1S/C29H31F2N5O5S/c1-16-21-10-17(12-24(26(21)35-28(32-4)34-16)41-20-8-9-40-29(2,3)14-20)18-11-23(27(39-5)33-15-18)36-42(37,38)25-7-6-19(30)13-22(25)31/h6-7,10-13,15,20,36H,8-9,14H2,1-5H3,(H,32,34,35). The van der Waals surface area contributed by atoms with Gasteiger partial charge < -0.3 is 19.5 Å². The maximum atomic E-state index is 14.4. The summed E-state index contributed by atoms with van der Waals surface area (Å²) >= 11 is 0. The Morgan fingerprint density at radius 2 is 1.88 bits per heavy atom. The van der Waals surface area contributed by atoms with Crippen LogP contribution in [0.4, 0.5) is 20.4 Å². The molecule has 4 aromatic rings. The lowest BCUT2D eigenvalue weighted by molar-refractivity contribution is -0.0894. The third-order valence-corrected chi connectivity index (χ3v) is 8.33. The minimum atomic E-state index is -4.45. The molecule has 0 saturated carbocycles. The van der Waals surface area contributed by atoms with Crippen LogP contribution < -0.4 is 19.5 Å². The minimum absolute atomic E-state index is 0.0361. The van der Waals surface area contributed by atoms with Gasteiger partial charge in [0.25, 0.3) is 10.0 Å². The Morgan fingerprint density at radius 1 is 1.10 bits per heavy atom. The summed E-state index contributed by atoms with van der Waals surface area (Å²) in [5.74, 6) is -1.19. The van der Waals surface area contributed by atoms with E-state index < -0.39 is 26.6 Å². The van der Waals surface area contributed by atoms with Crippen molar-refractivity contribution in [1.82, 2.24) is 15.0 Å². The van der Waals surface area contributed by atoms with Crippen LogP contribution in [0.25, 0.3) is 22.0 Å². The fourth-order valence-corrected chi connectivity index (χ4v) is 6.02. The molecule has 13 heteroatoms. The molecule has 1 fully saturated rings. The second kappa shape index (κ2) is 11.3. The topological polar surface area (TPSA) is 125 Å². The van der Waals surface area contributed by atoms with Crippen molar-refractivity contribution in [2.75, 3.05) is 30.8 Å². The van der Waals surface area contributed by atoms with Gasteiger partial charge in [-0.2, -0.15) is 0 Å². The molecule has 1 saturated heterocycles. The number of rotatable bonds is 8. The van der Waals surface area contributed by atoms with Crippen LogP contribution in [0.3, 0.4) is 0 Å². The number of aromatic nitrogens is 3. The molecule has 0 bridgehead atoms. The van der Waals surface area contributed by atoms with Crippen LogP contribution in [-0.2, 0) is 14.8 Å².